The third kappa shape index (κ3) is 3.70. The molecule has 0 saturated heterocycles. The fourth-order valence-corrected chi connectivity index (χ4v) is 3.03. The van der Waals surface area contributed by atoms with Crippen LogP contribution in [0.3, 0.4) is 0 Å². The lowest BCUT2D eigenvalue weighted by molar-refractivity contribution is 0.533. The number of terminal acetylenes is 1. The number of nitrogens with one attached hydrogen (secondary N) is 1. The Hall–Kier alpha value is -0.200. The van der Waals surface area contributed by atoms with Gasteiger partial charge in [0, 0.05) is 18.0 Å². The highest BCUT2D eigenvalue weighted by Gasteiger charge is 2.15. The van der Waals surface area contributed by atoms with Crippen molar-refractivity contribution >= 4 is 34.5 Å². The lowest BCUT2D eigenvalue weighted by Crippen LogP contribution is -2.15. The second-order valence-electron chi connectivity index (χ2n) is 3.22. The van der Waals surface area contributed by atoms with E-state index in [1.807, 2.05) is 13.1 Å². The highest BCUT2D eigenvalue weighted by Crippen LogP contribution is 2.36. The molecule has 1 heterocycles. The molecule has 0 amide bonds. The molecule has 4 heteroatoms. The highest BCUT2D eigenvalue weighted by molar-refractivity contribution is 7.20. The summed E-state index contributed by atoms with van der Waals surface area (Å²) >= 11 is 13.4. The van der Waals surface area contributed by atoms with Crippen LogP contribution in [0.15, 0.2) is 6.07 Å². The minimum Gasteiger partial charge on any atom is -0.313 e. The number of halogens is 2. The van der Waals surface area contributed by atoms with Crippen molar-refractivity contribution in [2.75, 3.05) is 7.05 Å². The van der Waals surface area contributed by atoms with E-state index in [0.29, 0.717) is 0 Å². The fraction of sp³-hybridized carbons (Fsp3) is 0.455. The van der Waals surface area contributed by atoms with Crippen molar-refractivity contribution in [3.63, 3.8) is 0 Å². The molecule has 1 nitrogen and oxygen atoms in total. The summed E-state index contributed by atoms with van der Waals surface area (Å²) in [4.78, 5) is 0. The van der Waals surface area contributed by atoms with E-state index < -0.39 is 0 Å². The van der Waals surface area contributed by atoms with Gasteiger partial charge in [-0.05, 0) is 26.0 Å². The Balaban J connectivity index is 2.66. The first-order chi connectivity index (χ1) is 7.19. The van der Waals surface area contributed by atoms with Crippen molar-refractivity contribution in [3.05, 3.63) is 20.3 Å². The van der Waals surface area contributed by atoms with Crippen molar-refractivity contribution in [1.29, 1.82) is 0 Å². The third-order valence-corrected chi connectivity index (χ3v) is 3.74. The fourth-order valence-electron chi connectivity index (χ4n) is 1.45. The van der Waals surface area contributed by atoms with Crippen LogP contribution in [0.2, 0.25) is 8.67 Å². The Morgan fingerprint density at radius 2 is 2.33 bits per heavy atom. The summed E-state index contributed by atoms with van der Waals surface area (Å²) in [7, 11) is 1.92. The quantitative estimate of drug-likeness (QED) is 0.621. The molecule has 0 fully saturated rings. The van der Waals surface area contributed by atoms with Gasteiger partial charge in [0.1, 0.15) is 0 Å². The molecule has 1 aromatic rings. The van der Waals surface area contributed by atoms with Crippen LogP contribution >= 0.6 is 34.5 Å². The Morgan fingerprint density at radius 1 is 1.60 bits per heavy atom. The summed E-state index contributed by atoms with van der Waals surface area (Å²) in [6.45, 7) is 0. The summed E-state index contributed by atoms with van der Waals surface area (Å²) in [6, 6.07) is 2.17. The molecule has 1 atom stereocenters. The third-order valence-electron chi connectivity index (χ3n) is 2.22. The molecule has 0 spiro atoms. The van der Waals surface area contributed by atoms with E-state index in [1.165, 1.54) is 11.3 Å². The first-order valence-corrected chi connectivity index (χ1v) is 6.31. The van der Waals surface area contributed by atoms with Crippen LogP contribution < -0.4 is 5.32 Å². The summed E-state index contributed by atoms with van der Waals surface area (Å²) < 4.78 is 1.49. The Morgan fingerprint density at radius 3 is 2.80 bits per heavy atom. The number of unbranched alkanes of at least 4 members (excludes halogenated alkanes) is 1. The Labute approximate surface area is 105 Å². The van der Waals surface area contributed by atoms with Crippen LogP contribution in [0.5, 0.6) is 0 Å². The summed E-state index contributed by atoms with van der Waals surface area (Å²) in [5.74, 6) is 2.63. The van der Waals surface area contributed by atoms with Gasteiger partial charge in [-0.2, -0.15) is 0 Å². The molecule has 0 aliphatic rings. The molecule has 82 valence electrons. The van der Waals surface area contributed by atoms with E-state index in [4.69, 9.17) is 29.6 Å². The zero-order valence-electron chi connectivity index (χ0n) is 8.52. The molecule has 0 bridgehead atoms. The van der Waals surface area contributed by atoms with Crippen molar-refractivity contribution in [2.45, 2.75) is 25.3 Å². The zero-order valence-corrected chi connectivity index (χ0v) is 10.8. The van der Waals surface area contributed by atoms with Gasteiger partial charge in [0.05, 0.1) is 8.67 Å². The van der Waals surface area contributed by atoms with Crippen molar-refractivity contribution in [2.24, 2.45) is 0 Å². The minimum absolute atomic E-state index is 0.245. The van der Waals surface area contributed by atoms with Gasteiger partial charge in [-0.25, -0.2) is 0 Å². The summed E-state index contributed by atoms with van der Waals surface area (Å²) in [5, 5.41) is 3.23. The van der Waals surface area contributed by atoms with Crippen LogP contribution in [-0.2, 0) is 0 Å². The molecule has 1 rings (SSSR count). The maximum Gasteiger partial charge on any atom is 0.0991 e. The van der Waals surface area contributed by atoms with Crippen molar-refractivity contribution < 1.29 is 0 Å². The minimum atomic E-state index is 0.245. The first-order valence-electron chi connectivity index (χ1n) is 4.74. The predicted octanol–water partition coefficient (Wildman–Crippen LogP) is 4.12. The second-order valence-corrected chi connectivity index (χ2v) is 5.50. The molecule has 1 aromatic heterocycles. The van der Waals surface area contributed by atoms with Gasteiger partial charge in [-0.1, -0.05) is 23.2 Å². The molecular formula is C11H13Cl2NS. The molecule has 1 unspecified atom stereocenters. The van der Waals surface area contributed by atoms with E-state index in [2.05, 4.69) is 11.2 Å². The second kappa shape index (κ2) is 6.40. The van der Waals surface area contributed by atoms with Crippen molar-refractivity contribution in [1.82, 2.24) is 5.32 Å². The maximum atomic E-state index is 6.09. The van der Waals surface area contributed by atoms with Gasteiger partial charge in [-0.3, -0.25) is 0 Å². The smallest absolute Gasteiger partial charge is 0.0991 e. The van der Waals surface area contributed by atoms with Crippen LogP contribution in [0.1, 0.15) is 30.9 Å². The van der Waals surface area contributed by atoms with E-state index in [-0.39, 0.29) is 6.04 Å². The van der Waals surface area contributed by atoms with Gasteiger partial charge >= 0.3 is 0 Å². The van der Waals surface area contributed by atoms with Crippen LogP contribution in [-0.4, -0.2) is 7.05 Å². The SMILES string of the molecule is C#CCCCC(NC)c1cc(Cl)sc1Cl. The number of thiophene rings is 1. The maximum absolute atomic E-state index is 6.09. The Kier molecular flexibility index (Phi) is 5.49. The average molecular weight is 262 g/mol. The van der Waals surface area contributed by atoms with Crippen LogP contribution in [0.25, 0.3) is 0 Å². The van der Waals surface area contributed by atoms with Gasteiger partial charge in [-0.15, -0.1) is 23.7 Å². The topological polar surface area (TPSA) is 12.0 Å². The van der Waals surface area contributed by atoms with Gasteiger partial charge < -0.3 is 5.32 Å². The molecule has 1 N–H and O–H groups in total. The first kappa shape index (κ1) is 12.9. The van der Waals surface area contributed by atoms with Crippen molar-refractivity contribution in [3.8, 4) is 12.3 Å². The van der Waals surface area contributed by atoms with Gasteiger partial charge in [0.15, 0.2) is 0 Å². The largest absolute Gasteiger partial charge is 0.313 e. The lowest BCUT2D eigenvalue weighted by atomic mass is 10.0. The summed E-state index contributed by atoms with van der Waals surface area (Å²) in [6.07, 6.45) is 7.98. The molecule has 0 aromatic carbocycles. The average Bonchev–Trinajstić information content (AvgIpc) is 2.53. The normalized spacial score (nSPS) is 12.4. The Bertz CT molecular complexity index is 354. The lowest BCUT2D eigenvalue weighted by Gasteiger charge is -2.14. The molecule has 0 radical (unpaired) electrons. The van der Waals surface area contributed by atoms with E-state index in [9.17, 15) is 0 Å². The monoisotopic (exact) mass is 261 g/mol. The molecule has 0 aliphatic carbocycles. The molecular weight excluding hydrogens is 249 g/mol. The highest BCUT2D eigenvalue weighted by atomic mass is 35.5. The molecule has 0 saturated carbocycles. The summed E-state index contributed by atoms with van der Waals surface area (Å²) in [5.41, 5.74) is 1.08. The zero-order chi connectivity index (χ0) is 11.3. The number of hydrogen-bond donors (Lipinski definition) is 1. The van der Waals surface area contributed by atoms with E-state index >= 15 is 0 Å². The van der Waals surface area contributed by atoms with Gasteiger partial charge in [0.25, 0.3) is 0 Å². The standard InChI is InChI=1S/C11H13Cl2NS/c1-3-4-5-6-9(14-2)8-7-10(12)15-11(8)13/h1,7,9,14H,4-6H2,2H3. The molecule has 15 heavy (non-hydrogen) atoms. The number of rotatable bonds is 5. The van der Waals surface area contributed by atoms with Crippen LogP contribution in [0, 0.1) is 12.3 Å². The van der Waals surface area contributed by atoms with E-state index in [0.717, 1.165) is 33.5 Å². The molecule has 0 aliphatic heterocycles. The number of hydrogen-bond acceptors (Lipinski definition) is 2. The van der Waals surface area contributed by atoms with E-state index in [1.54, 1.807) is 0 Å². The predicted molar refractivity (Wildman–Crippen MR) is 68.8 cm³/mol. The van der Waals surface area contributed by atoms with Gasteiger partial charge in [0.2, 0.25) is 0 Å². The van der Waals surface area contributed by atoms with Crippen LogP contribution in [0.4, 0.5) is 0 Å².